The fourth-order valence-electron chi connectivity index (χ4n) is 1.85. The lowest BCUT2D eigenvalue weighted by Gasteiger charge is -2.25. The zero-order valence-electron chi connectivity index (χ0n) is 9.90. The number of benzene rings is 1. The molecule has 1 fully saturated rings. The first kappa shape index (κ1) is 11.8. The molecular formula is C13H17NO3. The summed E-state index contributed by atoms with van der Waals surface area (Å²) in [5.41, 5.74) is 0.267. The van der Waals surface area contributed by atoms with Crippen LogP contribution in [-0.2, 0) is 0 Å². The molecule has 4 nitrogen and oxygen atoms in total. The van der Waals surface area contributed by atoms with Crippen LogP contribution < -0.4 is 10.1 Å². The van der Waals surface area contributed by atoms with Crippen molar-refractivity contribution in [2.45, 2.75) is 19.3 Å². The molecule has 1 aromatic rings. The fourth-order valence-corrected chi connectivity index (χ4v) is 1.85. The van der Waals surface area contributed by atoms with Crippen molar-refractivity contribution in [1.29, 1.82) is 0 Å². The van der Waals surface area contributed by atoms with Crippen LogP contribution in [0.1, 0.15) is 29.6 Å². The van der Waals surface area contributed by atoms with Gasteiger partial charge in [0.2, 0.25) is 0 Å². The second-order valence-electron chi connectivity index (χ2n) is 4.39. The van der Waals surface area contributed by atoms with Crippen LogP contribution >= 0.6 is 0 Å². The first-order valence-electron chi connectivity index (χ1n) is 5.86. The maximum absolute atomic E-state index is 11.9. The number of methoxy groups -OCH3 is 1. The molecule has 0 saturated heterocycles. The molecule has 0 unspecified atom stereocenters. The van der Waals surface area contributed by atoms with E-state index in [1.54, 1.807) is 12.1 Å². The SMILES string of the molecule is COc1ccc(O)c(C(=O)NCC2CCC2)c1. The molecule has 0 radical (unpaired) electrons. The minimum absolute atomic E-state index is 0.0168. The van der Waals surface area contributed by atoms with Crippen LogP contribution in [0.4, 0.5) is 0 Å². The summed E-state index contributed by atoms with van der Waals surface area (Å²) in [6.45, 7) is 0.690. The van der Waals surface area contributed by atoms with Gasteiger partial charge in [0.15, 0.2) is 0 Å². The fraction of sp³-hybridized carbons (Fsp3) is 0.462. The lowest BCUT2D eigenvalue weighted by Crippen LogP contribution is -2.32. The summed E-state index contributed by atoms with van der Waals surface area (Å²) in [6, 6.07) is 4.64. The predicted octanol–water partition coefficient (Wildman–Crippen LogP) is 1.93. The number of carbonyl (C=O) groups is 1. The van der Waals surface area contributed by atoms with E-state index in [4.69, 9.17) is 4.74 Å². The van der Waals surface area contributed by atoms with Crippen LogP contribution in [0.15, 0.2) is 18.2 Å². The maximum Gasteiger partial charge on any atom is 0.255 e. The molecule has 0 spiro atoms. The van der Waals surface area contributed by atoms with Crippen molar-refractivity contribution in [3.63, 3.8) is 0 Å². The van der Waals surface area contributed by atoms with Gasteiger partial charge in [-0.1, -0.05) is 6.42 Å². The number of amides is 1. The molecule has 2 N–H and O–H groups in total. The van der Waals surface area contributed by atoms with Crippen LogP contribution in [0, 0.1) is 5.92 Å². The lowest BCUT2D eigenvalue weighted by molar-refractivity contribution is 0.0936. The van der Waals surface area contributed by atoms with Gasteiger partial charge >= 0.3 is 0 Å². The third-order valence-corrected chi connectivity index (χ3v) is 3.22. The number of hydrogen-bond donors (Lipinski definition) is 2. The zero-order chi connectivity index (χ0) is 12.3. The molecule has 0 atom stereocenters. The van der Waals surface area contributed by atoms with Gasteiger partial charge < -0.3 is 15.2 Å². The Hall–Kier alpha value is -1.71. The monoisotopic (exact) mass is 235 g/mol. The van der Waals surface area contributed by atoms with Gasteiger partial charge in [-0.25, -0.2) is 0 Å². The number of hydrogen-bond acceptors (Lipinski definition) is 3. The Morgan fingerprint density at radius 1 is 1.53 bits per heavy atom. The third-order valence-electron chi connectivity index (χ3n) is 3.22. The van der Waals surface area contributed by atoms with E-state index in [1.165, 1.54) is 32.4 Å². The van der Waals surface area contributed by atoms with E-state index in [0.29, 0.717) is 18.2 Å². The molecule has 1 saturated carbocycles. The molecule has 1 amide bonds. The Morgan fingerprint density at radius 2 is 2.29 bits per heavy atom. The molecule has 1 aliphatic rings. The molecule has 0 bridgehead atoms. The van der Waals surface area contributed by atoms with Crippen molar-refractivity contribution >= 4 is 5.91 Å². The van der Waals surface area contributed by atoms with E-state index in [9.17, 15) is 9.90 Å². The average molecular weight is 235 g/mol. The van der Waals surface area contributed by atoms with Gasteiger partial charge in [-0.2, -0.15) is 0 Å². The molecule has 2 rings (SSSR count). The van der Waals surface area contributed by atoms with E-state index in [2.05, 4.69) is 5.32 Å². The van der Waals surface area contributed by atoms with Crippen LogP contribution in [0.2, 0.25) is 0 Å². The van der Waals surface area contributed by atoms with Gasteiger partial charge in [-0.3, -0.25) is 4.79 Å². The van der Waals surface area contributed by atoms with Crippen molar-refractivity contribution in [1.82, 2.24) is 5.32 Å². The van der Waals surface area contributed by atoms with E-state index in [-0.39, 0.29) is 17.2 Å². The van der Waals surface area contributed by atoms with Crippen LogP contribution in [0.25, 0.3) is 0 Å². The zero-order valence-corrected chi connectivity index (χ0v) is 9.90. The lowest BCUT2D eigenvalue weighted by atomic mass is 9.85. The summed E-state index contributed by atoms with van der Waals surface area (Å²) in [5.74, 6) is 0.911. The summed E-state index contributed by atoms with van der Waals surface area (Å²) >= 11 is 0. The second-order valence-corrected chi connectivity index (χ2v) is 4.39. The van der Waals surface area contributed by atoms with E-state index >= 15 is 0 Å². The van der Waals surface area contributed by atoms with E-state index in [0.717, 1.165) is 0 Å². The van der Waals surface area contributed by atoms with Gasteiger partial charge in [-0.15, -0.1) is 0 Å². The average Bonchev–Trinajstić information content (AvgIpc) is 2.27. The quantitative estimate of drug-likeness (QED) is 0.838. The Kier molecular flexibility index (Phi) is 3.52. The normalized spacial score (nSPS) is 15.1. The third kappa shape index (κ3) is 2.70. The summed E-state index contributed by atoms with van der Waals surface area (Å²) in [5, 5.41) is 12.5. The smallest absolute Gasteiger partial charge is 0.255 e. The highest BCUT2D eigenvalue weighted by molar-refractivity contribution is 5.97. The largest absolute Gasteiger partial charge is 0.507 e. The van der Waals surface area contributed by atoms with Gasteiger partial charge in [0, 0.05) is 6.54 Å². The molecular weight excluding hydrogens is 218 g/mol. The first-order valence-corrected chi connectivity index (χ1v) is 5.86. The minimum Gasteiger partial charge on any atom is -0.507 e. The summed E-state index contributed by atoms with van der Waals surface area (Å²) in [7, 11) is 1.53. The number of aromatic hydroxyl groups is 1. The van der Waals surface area contributed by atoms with E-state index < -0.39 is 0 Å². The molecule has 0 heterocycles. The second kappa shape index (κ2) is 5.08. The van der Waals surface area contributed by atoms with Crippen LogP contribution in [0.3, 0.4) is 0 Å². The number of ether oxygens (including phenoxy) is 1. The predicted molar refractivity (Wildman–Crippen MR) is 64.3 cm³/mol. The highest BCUT2D eigenvalue weighted by Crippen LogP contribution is 2.26. The van der Waals surface area contributed by atoms with Gasteiger partial charge in [0.05, 0.1) is 12.7 Å². The molecule has 0 aromatic heterocycles. The standard InChI is InChI=1S/C13H17NO3/c1-17-10-5-6-12(15)11(7-10)13(16)14-8-9-3-2-4-9/h5-7,9,15H,2-4,8H2,1H3,(H,14,16). The van der Waals surface area contributed by atoms with Crippen LogP contribution in [-0.4, -0.2) is 24.7 Å². The van der Waals surface area contributed by atoms with Gasteiger partial charge in [0.1, 0.15) is 11.5 Å². The summed E-state index contributed by atoms with van der Waals surface area (Å²) in [4.78, 5) is 11.9. The van der Waals surface area contributed by atoms with Crippen molar-refractivity contribution < 1.29 is 14.6 Å². The topological polar surface area (TPSA) is 58.6 Å². The maximum atomic E-state index is 11.9. The Morgan fingerprint density at radius 3 is 2.88 bits per heavy atom. The van der Waals surface area contributed by atoms with Crippen molar-refractivity contribution in [2.75, 3.05) is 13.7 Å². The number of phenols is 1. The molecule has 0 aliphatic heterocycles. The van der Waals surface area contributed by atoms with Crippen LogP contribution in [0.5, 0.6) is 11.5 Å². The molecule has 92 valence electrons. The Labute approximate surface area is 101 Å². The molecule has 17 heavy (non-hydrogen) atoms. The highest BCUT2D eigenvalue weighted by Gasteiger charge is 2.19. The minimum atomic E-state index is -0.242. The first-order chi connectivity index (χ1) is 8.20. The summed E-state index contributed by atoms with van der Waals surface area (Å²) < 4.78 is 5.03. The van der Waals surface area contributed by atoms with Crippen molar-refractivity contribution in [3.05, 3.63) is 23.8 Å². The van der Waals surface area contributed by atoms with E-state index in [1.807, 2.05) is 0 Å². The molecule has 4 heteroatoms. The number of carbonyl (C=O) groups excluding carboxylic acids is 1. The van der Waals surface area contributed by atoms with Gasteiger partial charge in [-0.05, 0) is 37.0 Å². The van der Waals surface area contributed by atoms with Crippen molar-refractivity contribution in [2.24, 2.45) is 5.92 Å². The Balaban J connectivity index is 2.01. The number of rotatable bonds is 4. The Bertz CT molecular complexity index is 413. The molecule has 1 aliphatic carbocycles. The van der Waals surface area contributed by atoms with Crippen molar-refractivity contribution in [3.8, 4) is 11.5 Å². The molecule has 1 aromatic carbocycles. The number of phenolic OH excluding ortho intramolecular Hbond substituents is 1. The number of nitrogens with one attached hydrogen (secondary N) is 1. The summed E-state index contributed by atoms with van der Waals surface area (Å²) in [6.07, 6.45) is 3.62. The highest BCUT2D eigenvalue weighted by atomic mass is 16.5. The van der Waals surface area contributed by atoms with Gasteiger partial charge in [0.25, 0.3) is 5.91 Å².